The highest BCUT2D eigenvalue weighted by Crippen LogP contribution is 2.32. The van der Waals surface area contributed by atoms with Gasteiger partial charge in [0.05, 0.1) is 12.2 Å². The second kappa shape index (κ2) is 8.83. The van der Waals surface area contributed by atoms with Gasteiger partial charge in [-0.3, -0.25) is 4.79 Å². The van der Waals surface area contributed by atoms with Gasteiger partial charge in [0.15, 0.2) is 5.89 Å². The van der Waals surface area contributed by atoms with Crippen LogP contribution in [0, 0.1) is 27.7 Å². The molecule has 6 nitrogen and oxygen atoms in total. The summed E-state index contributed by atoms with van der Waals surface area (Å²) in [5.41, 5.74) is 5.50. The second-order valence-corrected chi connectivity index (χ2v) is 8.14. The molecule has 0 unspecified atom stereocenters. The number of para-hydroxylation sites is 1. The van der Waals surface area contributed by atoms with E-state index in [-0.39, 0.29) is 17.9 Å². The van der Waals surface area contributed by atoms with Gasteiger partial charge in [-0.25, -0.2) is 9.67 Å². The summed E-state index contributed by atoms with van der Waals surface area (Å²) in [4.78, 5) is 18.0. The summed E-state index contributed by atoms with van der Waals surface area (Å²) in [6, 6.07) is 15.4. The van der Waals surface area contributed by atoms with Crippen LogP contribution in [0.1, 0.15) is 39.7 Å². The zero-order valence-corrected chi connectivity index (χ0v) is 18.8. The first-order chi connectivity index (χ1) is 15.3. The minimum atomic E-state index is -0.179. The van der Waals surface area contributed by atoms with Crippen LogP contribution in [0.15, 0.2) is 57.7 Å². The van der Waals surface area contributed by atoms with Gasteiger partial charge in [-0.1, -0.05) is 48.0 Å². The Hall–Kier alpha value is -3.67. The van der Waals surface area contributed by atoms with Crippen LogP contribution >= 0.6 is 0 Å². The largest absolute Gasteiger partial charge is 0.507 e. The van der Waals surface area contributed by atoms with Crippen LogP contribution in [0.3, 0.4) is 0 Å². The maximum absolute atomic E-state index is 13.6. The van der Waals surface area contributed by atoms with Crippen LogP contribution in [-0.4, -0.2) is 19.9 Å². The first-order valence-electron chi connectivity index (χ1n) is 10.7. The molecule has 0 aliphatic heterocycles. The summed E-state index contributed by atoms with van der Waals surface area (Å²) in [5, 5.41) is 15.1. The SMILES string of the molecule is Cc1cccc(CCc2c(-c3ccccc3O)c(C)nn(Cc3nc(C)oc3C)c2=O)c1. The molecule has 0 atom stereocenters. The van der Waals surface area contributed by atoms with Gasteiger partial charge in [0.2, 0.25) is 0 Å². The number of phenolic OH excluding ortho intramolecular Hbond substituents is 1. The molecule has 0 saturated carbocycles. The van der Waals surface area contributed by atoms with Crippen molar-refractivity contribution in [2.45, 2.75) is 47.1 Å². The van der Waals surface area contributed by atoms with Crippen molar-refractivity contribution in [3.05, 3.63) is 98.6 Å². The van der Waals surface area contributed by atoms with E-state index < -0.39 is 0 Å². The Morgan fingerprint density at radius 2 is 1.78 bits per heavy atom. The second-order valence-electron chi connectivity index (χ2n) is 8.14. The normalized spacial score (nSPS) is 11.1. The molecule has 0 radical (unpaired) electrons. The van der Waals surface area contributed by atoms with Crippen molar-refractivity contribution >= 4 is 0 Å². The Labute approximate surface area is 187 Å². The molecule has 4 aromatic rings. The minimum absolute atomic E-state index is 0.134. The lowest BCUT2D eigenvalue weighted by Gasteiger charge is -2.16. The quantitative estimate of drug-likeness (QED) is 0.482. The lowest BCUT2D eigenvalue weighted by Crippen LogP contribution is -2.29. The Balaban J connectivity index is 1.82. The van der Waals surface area contributed by atoms with Crippen molar-refractivity contribution in [1.82, 2.24) is 14.8 Å². The molecule has 4 rings (SSSR count). The molecule has 1 N–H and O–H groups in total. The van der Waals surface area contributed by atoms with Crippen molar-refractivity contribution in [3.63, 3.8) is 0 Å². The Morgan fingerprint density at radius 1 is 1.00 bits per heavy atom. The van der Waals surface area contributed by atoms with Gasteiger partial charge in [0, 0.05) is 23.6 Å². The number of aromatic hydroxyl groups is 1. The fraction of sp³-hybridized carbons (Fsp3) is 0.269. The lowest BCUT2D eigenvalue weighted by molar-refractivity contribution is 0.477. The number of nitrogens with zero attached hydrogens (tertiary/aromatic N) is 3. The zero-order valence-electron chi connectivity index (χ0n) is 18.8. The van der Waals surface area contributed by atoms with Gasteiger partial charge in [-0.05, 0) is 45.2 Å². The van der Waals surface area contributed by atoms with Crippen molar-refractivity contribution in [2.75, 3.05) is 0 Å². The van der Waals surface area contributed by atoms with E-state index in [4.69, 9.17) is 4.42 Å². The molecule has 0 amide bonds. The average Bonchev–Trinajstić information content (AvgIpc) is 3.07. The Kier molecular flexibility index (Phi) is 5.95. The van der Waals surface area contributed by atoms with Crippen LogP contribution in [0.2, 0.25) is 0 Å². The van der Waals surface area contributed by atoms with Crippen molar-refractivity contribution in [2.24, 2.45) is 0 Å². The van der Waals surface area contributed by atoms with Gasteiger partial charge >= 0.3 is 0 Å². The number of hydrogen-bond donors (Lipinski definition) is 1. The molecule has 0 aliphatic carbocycles. The third kappa shape index (κ3) is 4.35. The predicted octanol–water partition coefficient (Wildman–Crippen LogP) is 4.67. The lowest BCUT2D eigenvalue weighted by atomic mass is 9.94. The van der Waals surface area contributed by atoms with Gasteiger partial charge in [0.1, 0.15) is 17.2 Å². The summed E-state index contributed by atoms with van der Waals surface area (Å²) in [5.74, 6) is 1.38. The molecule has 32 heavy (non-hydrogen) atoms. The number of aromatic nitrogens is 3. The monoisotopic (exact) mass is 429 g/mol. The molecule has 0 aliphatic rings. The van der Waals surface area contributed by atoms with Crippen molar-refractivity contribution in [1.29, 1.82) is 0 Å². The molecule has 2 aromatic carbocycles. The molecule has 0 saturated heterocycles. The van der Waals surface area contributed by atoms with Crippen LogP contribution in [0.25, 0.3) is 11.1 Å². The molecule has 6 heteroatoms. The highest BCUT2D eigenvalue weighted by Gasteiger charge is 2.20. The smallest absolute Gasteiger partial charge is 0.270 e. The van der Waals surface area contributed by atoms with Gasteiger partial charge in [0.25, 0.3) is 5.56 Å². The molecule has 0 spiro atoms. The van der Waals surface area contributed by atoms with E-state index in [1.54, 1.807) is 19.1 Å². The van der Waals surface area contributed by atoms with E-state index >= 15 is 0 Å². The first-order valence-corrected chi connectivity index (χ1v) is 10.7. The number of hydrogen-bond acceptors (Lipinski definition) is 5. The molecule has 2 aromatic heterocycles. The zero-order chi connectivity index (χ0) is 22.8. The van der Waals surface area contributed by atoms with Crippen molar-refractivity contribution < 1.29 is 9.52 Å². The Bertz CT molecular complexity index is 1330. The Morgan fingerprint density at radius 3 is 2.47 bits per heavy atom. The van der Waals surface area contributed by atoms with Crippen LogP contribution in [0.4, 0.5) is 0 Å². The summed E-state index contributed by atoms with van der Waals surface area (Å²) < 4.78 is 6.98. The molecular weight excluding hydrogens is 402 g/mol. The van der Waals surface area contributed by atoms with E-state index in [1.807, 2.05) is 32.0 Å². The van der Waals surface area contributed by atoms with Crippen LogP contribution in [-0.2, 0) is 19.4 Å². The number of oxazole rings is 1. The van der Waals surface area contributed by atoms with E-state index in [0.717, 1.165) is 5.56 Å². The first kappa shape index (κ1) is 21.6. The number of rotatable bonds is 6. The average molecular weight is 430 g/mol. The maximum Gasteiger partial charge on any atom is 0.270 e. The van der Waals surface area contributed by atoms with Gasteiger partial charge < -0.3 is 9.52 Å². The standard InChI is InChI=1S/C26H27N3O3/c1-16-8-7-9-20(14-16)12-13-22-25(21-10-5-6-11-24(21)30)17(2)28-29(26(22)31)15-23-18(3)32-19(4)27-23/h5-11,14,30H,12-13,15H2,1-4H3. The fourth-order valence-electron chi connectivity index (χ4n) is 4.14. The van der Waals surface area contributed by atoms with Gasteiger partial charge in [-0.15, -0.1) is 0 Å². The number of aryl methyl sites for hydroxylation is 5. The van der Waals surface area contributed by atoms with E-state index in [9.17, 15) is 9.90 Å². The summed E-state index contributed by atoms with van der Waals surface area (Å²) in [6.45, 7) is 7.79. The van der Waals surface area contributed by atoms with Gasteiger partial charge in [-0.2, -0.15) is 5.10 Å². The van der Waals surface area contributed by atoms with Crippen molar-refractivity contribution in [3.8, 4) is 16.9 Å². The fourth-order valence-corrected chi connectivity index (χ4v) is 4.14. The molecular formula is C26H27N3O3. The number of phenols is 1. The highest BCUT2D eigenvalue weighted by atomic mass is 16.4. The molecule has 2 heterocycles. The summed E-state index contributed by atoms with van der Waals surface area (Å²) in [7, 11) is 0. The molecule has 0 bridgehead atoms. The molecule has 164 valence electrons. The predicted molar refractivity (Wildman–Crippen MR) is 124 cm³/mol. The summed E-state index contributed by atoms with van der Waals surface area (Å²) >= 11 is 0. The van der Waals surface area contributed by atoms with E-state index in [0.29, 0.717) is 52.6 Å². The minimum Gasteiger partial charge on any atom is -0.507 e. The molecule has 0 fully saturated rings. The maximum atomic E-state index is 13.6. The third-order valence-corrected chi connectivity index (χ3v) is 5.65. The van der Waals surface area contributed by atoms with Crippen LogP contribution < -0.4 is 5.56 Å². The topological polar surface area (TPSA) is 81.2 Å². The third-order valence-electron chi connectivity index (χ3n) is 5.65. The van der Waals surface area contributed by atoms with Crippen LogP contribution in [0.5, 0.6) is 5.75 Å². The highest BCUT2D eigenvalue weighted by molar-refractivity contribution is 5.74. The van der Waals surface area contributed by atoms with E-state index in [2.05, 4.69) is 35.2 Å². The van der Waals surface area contributed by atoms with E-state index in [1.165, 1.54) is 10.2 Å². The number of benzene rings is 2. The summed E-state index contributed by atoms with van der Waals surface area (Å²) in [6.07, 6.45) is 1.25.